The summed E-state index contributed by atoms with van der Waals surface area (Å²) in [6.45, 7) is 2.14. The molecule has 0 saturated carbocycles. The van der Waals surface area contributed by atoms with Crippen molar-refractivity contribution in [1.82, 2.24) is 0 Å². The molecular weight excluding hydrogens is 298 g/mol. The number of carbonyl (C=O) groups excluding carboxylic acids is 1. The molecule has 1 aromatic carbocycles. The van der Waals surface area contributed by atoms with E-state index >= 15 is 0 Å². The third-order valence-electron chi connectivity index (χ3n) is 2.60. The summed E-state index contributed by atoms with van der Waals surface area (Å²) in [5.41, 5.74) is 0.545. The zero-order valence-electron chi connectivity index (χ0n) is 11.3. The Labute approximate surface area is 127 Å². The SMILES string of the molecule is CCCCSCCC(=O)Nc1ccc(C(=O)O)c(Cl)c1. The van der Waals surface area contributed by atoms with Crippen molar-refractivity contribution in [2.24, 2.45) is 0 Å². The summed E-state index contributed by atoms with van der Waals surface area (Å²) in [6, 6.07) is 4.38. The number of aromatic carboxylic acids is 1. The predicted octanol–water partition coefficient (Wildman–Crippen LogP) is 3.90. The average molecular weight is 316 g/mol. The van der Waals surface area contributed by atoms with E-state index in [-0.39, 0.29) is 16.5 Å². The maximum atomic E-state index is 11.7. The lowest BCUT2D eigenvalue weighted by Crippen LogP contribution is -2.12. The molecule has 20 heavy (non-hydrogen) atoms. The third kappa shape index (κ3) is 5.84. The van der Waals surface area contributed by atoms with Gasteiger partial charge in [0.05, 0.1) is 10.6 Å². The molecule has 0 unspecified atom stereocenters. The molecular formula is C14H18ClNO3S. The zero-order chi connectivity index (χ0) is 15.0. The number of anilines is 1. The number of rotatable bonds is 8. The summed E-state index contributed by atoms with van der Waals surface area (Å²) in [4.78, 5) is 22.5. The largest absolute Gasteiger partial charge is 0.478 e. The van der Waals surface area contributed by atoms with Crippen molar-refractivity contribution in [3.05, 3.63) is 28.8 Å². The Morgan fingerprint density at radius 2 is 2.10 bits per heavy atom. The van der Waals surface area contributed by atoms with Crippen molar-refractivity contribution in [3.63, 3.8) is 0 Å². The Bertz CT molecular complexity index is 479. The zero-order valence-corrected chi connectivity index (χ0v) is 12.9. The molecule has 0 radical (unpaired) electrons. The minimum absolute atomic E-state index is 0.0276. The molecule has 0 atom stereocenters. The standard InChI is InChI=1S/C14H18ClNO3S/c1-2-3-7-20-8-6-13(17)16-10-4-5-11(14(18)19)12(15)9-10/h4-5,9H,2-3,6-8H2,1H3,(H,16,17)(H,18,19). The van der Waals surface area contributed by atoms with Crippen LogP contribution >= 0.6 is 23.4 Å². The Morgan fingerprint density at radius 1 is 1.35 bits per heavy atom. The number of halogens is 1. The summed E-state index contributed by atoms with van der Waals surface area (Å²) in [6.07, 6.45) is 2.76. The fourth-order valence-electron chi connectivity index (χ4n) is 1.50. The highest BCUT2D eigenvalue weighted by molar-refractivity contribution is 7.99. The number of hydrogen-bond donors (Lipinski definition) is 2. The molecule has 0 aliphatic carbocycles. The number of benzene rings is 1. The summed E-state index contributed by atoms with van der Waals surface area (Å²) in [5.74, 6) is 0.684. The number of hydrogen-bond acceptors (Lipinski definition) is 3. The lowest BCUT2D eigenvalue weighted by molar-refractivity contribution is -0.115. The van der Waals surface area contributed by atoms with Gasteiger partial charge in [0.2, 0.25) is 5.91 Å². The van der Waals surface area contributed by atoms with Crippen LogP contribution in [0.5, 0.6) is 0 Å². The van der Waals surface area contributed by atoms with Gasteiger partial charge >= 0.3 is 5.97 Å². The minimum atomic E-state index is -1.08. The number of carboxylic acid groups (broad SMARTS) is 1. The van der Waals surface area contributed by atoms with Gasteiger partial charge in [0.1, 0.15) is 0 Å². The smallest absolute Gasteiger partial charge is 0.337 e. The van der Waals surface area contributed by atoms with Crippen LogP contribution in [0.4, 0.5) is 5.69 Å². The van der Waals surface area contributed by atoms with Gasteiger partial charge in [-0.15, -0.1) is 0 Å². The highest BCUT2D eigenvalue weighted by Crippen LogP contribution is 2.21. The fourth-order valence-corrected chi connectivity index (χ4v) is 2.79. The van der Waals surface area contributed by atoms with E-state index in [2.05, 4.69) is 12.2 Å². The number of unbranched alkanes of at least 4 members (excludes halogenated alkanes) is 1. The molecule has 0 bridgehead atoms. The van der Waals surface area contributed by atoms with Crippen LogP contribution in [0.25, 0.3) is 0 Å². The van der Waals surface area contributed by atoms with Crippen LogP contribution in [0.2, 0.25) is 5.02 Å². The van der Waals surface area contributed by atoms with Gasteiger partial charge < -0.3 is 10.4 Å². The number of carbonyl (C=O) groups is 2. The first kappa shape index (κ1) is 16.9. The average Bonchev–Trinajstić information content (AvgIpc) is 2.38. The van der Waals surface area contributed by atoms with Gasteiger partial charge in [-0.25, -0.2) is 4.79 Å². The van der Waals surface area contributed by atoms with Gasteiger partial charge in [0.15, 0.2) is 0 Å². The minimum Gasteiger partial charge on any atom is -0.478 e. The first-order chi connectivity index (χ1) is 9.54. The lowest BCUT2D eigenvalue weighted by atomic mass is 10.2. The topological polar surface area (TPSA) is 66.4 Å². The predicted molar refractivity (Wildman–Crippen MR) is 83.9 cm³/mol. The van der Waals surface area contributed by atoms with E-state index in [1.165, 1.54) is 24.6 Å². The quantitative estimate of drug-likeness (QED) is 0.714. The van der Waals surface area contributed by atoms with E-state index in [9.17, 15) is 9.59 Å². The molecule has 1 rings (SSSR count). The number of nitrogens with one attached hydrogen (secondary N) is 1. The molecule has 1 aromatic rings. The third-order valence-corrected chi connectivity index (χ3v) is 3.98. The van der Waals surface area contributed by atoms with Gasteiger partial charge in [0.25, 0.3) is 0 Å². The van der Waals surface area contributed by atoms with Crippen molar-refractivity contribution in [3.8, 4) is 0 Å². The number of thioether (sulfide) groups is 1. The molecule has 0 aliphatic heterocycles. The van der Waals surface area contributed by atoms with E-state index < -0.39 is 5.97 Å². The second kappa shape index (κ2) is 8.87. The van der Waals surface area contributed by atoms with Crippen LogP contribution in [0, 0.1) is 0 Å². The van der Waals surface area contributed by atoms with Crippen LogP contribution in [0.15, 0.2) is 18.2 Å². The van der Waals surface area contributed by atoms with Gasteiger partial charge in [-0.05, 0) is 30.4 Å². The molecule has 2 N–H and O–H groups in total. The second-order valence-corrected chi connectivity index (χ2v) is 5.90. The first-order valence-corrected chi connectivity index (χ1v) is 7.98. The maximum Gasteiger partial charge on any atom is 0.337 e. The Morgan fingerprint density at radius 3 is 2.70 bits per heavy atom. The van der Waals surface area contributed by atoms with Crippen molar-refractivity contribution >= 4 is 40.9 Å². The van der Waals surface area contributed by atoms with Gasteiger partial charge in [-0.2, -0.15) is 11.8 Å². The monoisotopic (exact) mass is 315 g/mol. The number of carboxylic acids is 1. The maximum absolute atomic E-state index is 11.7. The molecule has 0 aromatic heterocycles. The van der Waals surface area contributed by atoms with Gasteiger partial charge in [-0.1, -0.05) is 24.9 Å². The van der Waals surface area contributed by atoms with Gasteiger partial charge in [-0.3, -0.25) is 4.79 Å². The molecule has 0 saturated heterocycles. The van der Waals surface area contributed by atoms with E-state index in [1.807, 2.05) is 0 Å². The summed E-state index contributed by atoms with van der Waals surface area (Å²) < 4.78 is 0. The normalized spacial score (nSPS) is 10.3. The highest BCUT2D eigenvalue weighted by Gasteiger charge is 2.10. The van der Waals surface area contributed by atoms with Crippen LogP contribution in [-0.4, -0.2) is 28.5 Å². The number of amides is 1. The van der Waals surface area contributed by atoms with Gasteiger partial charge in [0, 0.05) is 17.9 Å². The molecule has 1 amide bonds. The van der Waals surface area contributed by atoms with Crippen molar-refractivity contribution in [2.75, 3.05) is 16.8 Å². The lowest BCUT2D eigenvalue weighted by Gasteiger charge is -2.07. The van der Waals surface area contributed by atoms with E-state index in [4.69, 9.17) is 16.7 Å². The van der Waals surface area contributed by atoms with E-state index in [0.717, 1.165) is 17.9 Å². The Balaban J connectivity index is 2.42. The van der Waals surface area contributed by atoms with Crippen LogP contribution in [0.1, 0.15) is 36.5 Å². The van der Waals surface area contributed by atoms with Crippen molar-refractivity contribution in [2.45, 2.75) is 26.2 Å². The van der Waals surface area contributed by atoms with Crippen molar-refractivity contribution < 1.29 is 14.7 Å². The Kier molecular flexibility index (Phi) is 7.47. The molecule has 0 spiro atoms. The molecule has 0 aliphatic rings. The van der Waals surface area contributed by atoms with Crippen LogP contribution in [0.3, 0.4) is 0 Å². The molecule has 6 heteroatoms. The van der Waals surface area contributed by atoms with Crippen molar-refractivity contribution in [1.29, 1.82) is 0 Å². The molecule has 4 nitrogen and oxygen atoms in total. The molecule has 0 fully saturated rings. The van der Waals surface area contributed by atoms with E-state index in [0.29, 0.717) is 12.1 Å². The van der Waals surface area contributed by atoms with E-state index in [1.54, 1.807) is 11.8 Å². The second-order valence-electron chi connectivity index (χ2n) is 4.26. The summed E-state index contributed by atoms with van der Waals surface area (Å²) in [7, 11) is 0. The summed E-state index contributed by atoms with van der Waals surface area (Å²) in [5, 5.41) is 11.7. The Hall–Kier alpha value is -1.20. The highest BCUT2D eigenvalue weighted by atomic mass is 35.5. The fraction of sp³-hybridized carbons (Fsp3) is 0.429. The molecule has 110 valence electrons. The van der Waals surface area contributed by atoms with Crippen LogP contribution in [-0.2, 0) is 4.79 Å². The molecule has 0 heterocycles. The van der Waals surface area contributed by atoms with Crippen LogP contribution < -0.4 is 5.32 Å². The first-order valence-electron chi connectivity index (χ1n) is 6.45. The summed E-state index contributed by atoms with van der Waals surface area (Å²) >= 11 is 7.59.